The van der Waals surface area contributed by atoms with Gasteiger partial charge in [0.1, 0.15) is 11.4 Å². The van der Waals surface area contributed by atoms with Gasteiger partial charge in [-0.25, -0.2) is 4.79 Å². The van der Waals surface area contributed by atoms with E-state index in [0.29, 0.717) is 11.7 Å². The highest BCUT2D eigenvalue weighted by Crippen LogP contribution is 2.51. The molecule has 1 aliphatic heterocycles. The number of nitrogens with zero attached hydrogens (tertiary/aromatic N) is 1. The van der Waals surface area contributed by atoms with Crippen molar-refractivity contribution < 1.29 is 14.3 Å². The van der Waals surface area contributed by atoms with Gasteiger partial charge in [-0.05, 0) is 72.1 Å². The molecule has 1 saturated heterocycles. The van der Waals surface area contributed by atoms with Crippen molar-refractivity contribution in [1.29, 1.82) is 0 Å². The van der Waals surface area contributed by atoms with Crippen LogP contribution in [-0.2, 0) is 9.53 Å². The Labute approximate surface area is 128 Å². The summed E-state index contributed by atoms with van der Waals surface area (Å²) in [4.78, 5) is 25.6. The third-order valence-corrected chi connectivity index (χ3v) is 4.80. The van der Waals surface area contributed by atoms with Crippen LogP contribution in [0.5, 0.6) is 0 Å². The van der Waals surface area contributed by atoms with Crippen LogP contribution in [0.2, 0.25) is 0 Å². The first kappa shape index (κ1) is 16.3. The molecule has 1 saturated carbocycles. The van der Waals surface area contributed by atoms with Crippen LogP contribution in [0.4, 0.5) is 4.79 Å². The highest BCUT2D eigenvalue weighted by molar-refractivity contribution is 5.84. The fourth-order valence-electron chi connectivity index (χ4n) is 3.20. The SMILES string of the molecule is CC(=O)C1(CCC2CCCN(C(=O)OC(C)(C)C)C2)CC1. The minimum atomic E-state index is -0.434. The zero-order valence-electron chi connectivity index (χ0n) is 13.9. The molecule has 0 bridgehead atoms. The van der Waals surface area contributed by atoms with E-state index < -0.39 is 5.60 Å². The van der Waals surface area contributed by atoms with Crippen LogP contribution in [-0.4, -0.2) is 35.5 Å². The van der Waals surface area contributed by atoms with Crippen molar-refractivity contribution in [2.24, 2.45) is 11.3 Å². The van der Waals surface area contributed by atoms with E-state index in [-0.39, 0.29) is 11.5 Å². The topological polar surface area (TPSA) is 46.6 Å². The van der Waals surface area contributed by atoms with E-state index in [2.05, 4.69) is 0 Å². The molecule has 2 aliphatic rings. The van der Waals surface area contributed by atoms with E-state index in [1.54, 1.807) is 6.92 Å². The molecular formula is C17H29NO3. The maximum atomic E-state index is 12.1. The first-order chi connectivity index (χ1) is 9.72. The lowest BCUT2D eigenvalue weighted by Crippen LogP contribution is -2.43. The predicted molar refractivity (Wildman–Crippen MR) is 82.1 cm³/mol. The number of Topliss-reactive ketones (excluding diaryl/α,β-unsaturated/α-hetero) is 1. The Kier molecular flexibility index (Phi) is 4.64. The van der Waals surface area contributed by atoms with Gasteiger partial charge in [0.25, 0.3) is 0 Å². The van der Waals surface area contributed by atoms with Gasteiger partial charge in [-0.2, -0.15) is 0 Å². The van der Waals surface area contributed by atoms with Gasteiger partial charge in [-0.15, -0.1) is 0 Å². The lowest BCUT2D eigenvalue weighted by atomic mass is 9.87. The largest absolute Gasteiger partial charge is 0.444 e. The smallest absolute Gasteiger partial charge is 0.410 e. The number of piperidine rings is 1. The maximum absolute atomic E-state index is 12.1. The molecule has 0 N–H and O–H groups in total. The van der Waals surface area contributed by atoms with Gasteiger partial charge in [0.2, 0.25) is 0 Å². The number of likely N-dealkylation sites (tertiary alicyclic amines) is 1. The summed E-state index contributed by atoms with van der Waals surface area (Å²) in [6.07, 6.45) is 6.17. The van der Waals surface area contributed by atoms with Gasteiger partial charge in [0.05, 0.1) is 0 Å². The summed E-state index contributed by atoms with van der Waals surface area (Å²) in [5.41, 5.74) is -0.440. The molecule has 4 heteroatoms. The maximum Gasteiger partial charge on any atom is 0.410 e. The minimum Gasteiger partial charge on any atom is -0.444 e. The Morgan fingerprint density at radius 2 is 1.95 bits per heavy atom. The Balaban J connectivity index is 1.81. The second-order valence-corrected chi connectivity index (χ2v) is 7.81. The average Bonchev–Trinajstić information content (AvgIpc) is 3.16. The molecule has 0 aromatic rings. The molecule has 21 heavy (non-hydrogen) atoms. The zero-order valence-corrected chi connectivity index (χ0v) is 13.9. The number of ether oxygens (including phenoxy) is 1. The minimum absolute atomic E-state index is 0.00576. The predicted octanol–water partition coefficient (Wildman–Crippen LogP) is 3.78. The van der Waals surface area contributed by atoms with Crippen molar-refractivity contribution in [1.82, 2.24) is 4.90 Å². The quantitative estimate of drug-likeness (QED) is 0.793. The van der Waals surface area contributed by atoms with E-state index in [9.17, 15) is 9.59 Å². The van der Waals surface area contributed by atoms with Gasteiger partial charge in [-0.1, -0.05) is 0 Å². The molecule has 1 aliphatic carbocycles. The fourth-order valence-corrected chi connectivity index (χ4v) is 3.20. The van der Waals surface area contributed by atoms with Crippen LogP contribution < -0.4 is 0 Å². The molecule has 1 heterocycles. The summed E-state index contributed by atoms with van der Waals surface area (Å²) in [7, 11) is 0. The van der Waals surface area contributed by atoms with Crippen molar-refractivity contribution in [2.75, 3.05) is 13.1 Å². The number of hydrogen-bond acceptors (Lipinski definition) is 3. The number of amides is 1. The van der Waals surface area contributed by atoms with E-state index in [0.717, 1.165) is 51.6 Å². The summed E-state index contributed by atoms with van der Waals surface area (Å²) >= 11 is 0. The van der Waals surface area contributed by atoms with Gasteiger partial charge in [0.15, 0.2) is 0 Å². The first-order valence-corrected chi connectivity index (χ1v) is 8.21. The monoisotopic (exact) mass is 295 g/mol. The Morgan fingerprint density at radius 3 is 2.48 bits per heavy atom. The average molecular weight is 295 g/mol. The van der Waals surface area contributed by atoms with Crippen LogP contribution in [0.25, 0.3) is 0 Å². The Bertz CT molecular complexity index is 407. The number of rotatable bonds is 4. The third kappa shape index (κ3) is 4.45. The van der Waals surface area contributed by atoms with Gasteiger partial charge in [0, 0.05) is 18.5 Å². The highest BCUT2D eigenvalue weighted by Gasteiger charge is 2.46. The van der Waals surface area contributed by atoms with E-state index >= 15 is 0 Å². The van der Waals surface area contributed by atoms with Crippen LogP contribution in [0.1, 0.15) is 66.2 Å². The van der Waals surface area contributed by atoms with Crippen molar-refractivity contribution in [2.45, 2.75) is 71.8 Å². The zero-order chi connectivity index (χ0) is 15.7. The molecule has 0 radical (unpaired) electrons. The van der Waals surface area contributed by atoms with Gasteiger partial charge in [-0.3, -0.25) is 4.79 Å². The molecule has 120 valence electrons. The normalized spacial score (nSPS) is 24.6. The Hall–Kier alpha value is -1.06. The number of ketones is 1. The van der Waals surface area contributed by atoms with Crippen molar-refractivity contribution in [3.05, 3.63) is 0 Å². The number of hydrogen-bond donors (Lipinski definition) is 0. The molecule has 1 unspecified atom stereocenters. The standard InChI is InChI=1S/C17H29NO3/c1-13(19)17(9-10-17)8-7-14-6-5-11-18(12-14)15(20)21-16(2,3)4/h14H,5-12H2,1-4H3. The highest BCUT2D eigenvalue weighted by atomic mass is 16.6. The van der Waals surface area contributed by atoms with Crippen LogP contribution in [0.3, 0.4) is 0 Å². The Morgan fingerprint density at radius 1 is 1.29 bits per heavy atom. The first-order valence-electron chi connectivity index (χ1n) is 8.21. The summed E-state index contributed by atoms with van der Waals surface area (Å²) in [5.74, 6) is 0.866. The molecule has 2 rings (SSSR count). The lowest BCUT2D eigenvalue weighted by molar-refractivity contribution is -0.122. The van der Waals surface area contributed by atoms with Gasteiger partial charge >= 0.3 is 6.09 Å². The molecule has 0 aromatic carbocycles. The lowest BCUT2D eigenvalue weighted by Gasteiger charge is -2.34. The van der Waals surface area contributed by atoms with Crippen molar-refractivity contribution >= 4 is 11.9 Å². The summed E-state index contributed by atoms with van der Waals surface area (Å²) in [6, 6.07) is 0. The van der Waals surface area contributed by atoms with Crippen LogP contribution >= 0.6 is 0 Å². The van der Waals surface area contributed by atoms with Crippen molar-refractivity contribution in [3.8, 4) is 0 Å². The third-order valence-electron chi connectivity index (χ3n) is 4.80. The second-order valence-electron chi connectivity index (χ2n) is 7.81. The van der Waals surface area contributed by atoms with Crippen LogP contribution in [0, 0.1) is 11.3 Å². The molecule has 1 amide bonds. The second kappa shape index (κ2) is 5.98. The molecule has 1 atom stereocenters. The van der Waals surface area contributed by atoms with Crippen molar-refractivity contribution in [3.63, 3.8) is 0 Å². The molecular weight excluding hydrogens is 266 g/mol. The summed E-state index contributed by atoms with van der Waals surface area (Å²) < 4.78 is 5.45. The van der Waals surface area contributed by atoms with Crippen LogP contribution in [0.15, 0.2) is 0 Å². The van der Waals surface area contributed by atoms with E-state index in [1.165, 1.54) is 0 Å². The fraction of sp³-hybridized carbons (Fsp3) is 0.882. The molecule has 0 spiro atoms. The number of carbonyl (C=O) groups is 2. The molecule has 2 fully saturated rings. The summed E-state index contributed by atoms with van der Waals surface area (Å²) in [5, 5.41) is 0. The molecule has 4 nitrogen and oxygen atoms in total. The summed E-state index contributed by atoms with van der Waals surface area (Å²) in [6.45, 7) is 9.00. The van der Waals surface area contributed by atoms with E-state index in [1.807, 2.05) is 25.7 Å². The van der Waals surface area contributed by atoms with Gasteiger partial charge < -0.3 is 9.64 Å². The number of carbonyl (C=O) groups excluding carboxylic acids is 2. The molecule has 0 aromatic heterocycles. The van der Waals surface area contributed by atoms with E-state index in [4.69, 9.17) is 4.74 Å².